The van der Waals surface area contributed by atoms with E-state index in [0.29, 0.717) is 0 Å². The molecule has 1 aliphatic carbocycles. The number of ether oxygens (including phenoxy) is 2. The molecule has 1 fully saturated rings. The summed E-state index contributed by atoms with van der Waals surface area (Å²) in [6.07, 6.45) is -0.627. The van der Waals surface area contributed by atoms with Crippen LogP contribution in [0, 0.1) is 22.7 Å². The summed E-state index contributed by atoms with van der Waals surface area (Å²) in [6.45, 7) is 12.4. The smallest absolute Gasteiger partial charge is 0.309 e. The average molecular weight is 432 g/mol. The SMILES string of the molecule is CC(C)(C)COC(=O)C1CC(O)C(N(CCO)CCO)CC1C(=O)OCC(C)(C)C. The van der Waals surface area contributed by atoms with Gasteiger partial charge in [-0.05, 0) is 23.7 Å². The van der Waals surface area contributed by atoms with Crippen molar-refractivity contribution in [2.75, 3.05) is 39.5 Å². The van der Waals surface area contributed by atoms with Crippen molar-refractivity contribution >= 4 is 11.9 Å². The second-order valence-electron chi connectivity index (χ2n) is 10.6. The Morgan fingerprint density at radius 3 is 1.60 bits per heavy atom. The molecule has 0 aromatic carbocycles. The van der Waals surface area contributed by atoms with Crippen LogP contribution in [0.15, 0.2) is 0 Å². The largest absolute Gasteiger partial charge is 0.465 e. The fourth-order valence-corrected chi connectivity index (χ4v) is 3.57. The molecule has 8 heteroatoms. The number of esters is 2. The second-order valence-corrected chi connectivity index (χ2v) is 10.6. The number of nitrogens with zero attached hydrogens (tertiary/aromatic N) is 1. The number of aliphatic hydroxyl groups is 3. The number of carbonyl (C=O) groups excluding carboxylic acids is 2. The summed E-state index contributed by atoms with van der Waals surface area (Å²) in [5.41, 5.74) is -0.432. The molecule has 176 valence electrons. The van der Waals surface area contributed by atoms with E-state index in [0.717, 1.165) is 0 Å². The fraction of sp³-hybridized carbons (Fsp3) is 0.909. The molecule has 0 saturated heterocycles. The van der Waals surface area contributed by atoms with Crippen LogP contribution in [0.25, 0.3) is 0 Å². The summed E-state index contributed by atoms with van der Waals surface area (Å²) in [7, 11) is 0. The van der Waals surface area contributed by atoms with Gasteiger partial charge in [0.15, 0.2) is 0 Å². The van der Waals surface area contributed by atoms with Crippen molar-refractivity contribution in [2.45, 2.75) is 66.5 Å². The number of aliphatic hydroxyl groups excluding tert-OH is 3. The van der Waals surface area contributed by atoms with Gasteiger partial charge in [-0.25, -0.2) is 0 Å². The van der Waals surface area contributed by atoms with Crippen LogP contribution in [0.5, 0.6) is 0 Å². The number of hydrogen-bond donors (Lipinski definition) is 3. The molecule has 1 rings (SSSR count). The van der Waals surface area contributed by atoms with Gasteiger partial charge in [-0.2, -0.15) is 0 Å². The first-order chi connectivity index (χ1) is 13.8. The molecule has 30 heavy (non-hydrogen) atoms. The van der Waals surface area contributed by atoms with Crippen molar-refractivity contribution in [3.05, 3.63) is 0 Å². The van der Waals surface area contributed by atoms with E-state index in [-0.39, 0.29) is 63.2 Å². The van der Waals surface area contributed by atoms with Gasteiger partial charge in [0.1, 0.15) is 0 Å². The van der Waals surface area contributed by atoms with Crippen molar-refractivity contribution in [1.29, 1.82) is 0 Å². The van der Waals surface area contributed by atoms with Gasteiger partial charge in [0.25, 0.3) is 0 Å². The van der Waals surface area contributed by atoms with E-state index in [4.69, 9.17) is 9.47 Å². The Balaban J connectivity index is 3.04. The Morgan fingerprint density at radius 2 is 1.23 bits per heavy atom. The number of rotatable bonds is 9. The molecule has 0 aromatic rings. The van der Waals surface area contributed by atoms with Crippen LogP contribution in [0.4, 0.5) is 0 Å². The van der Waals surface area contributed by atoms with Gasteiger partial charge in [-0.15, -0.1) is 0 Å². The first-order valence-electron chi connectivity index (χ1n) is 10.8. The molecule has 0 spiro atoms. The van der Waals surface area contributed by atoms with Crippen LogP contribution in [0.2, 0.25) is 0 Å². The van der Waals surface area contributed by atoms with E-state index in [1.807, 2.05) is 41.5 Å². The highest BCUT2D eigenvalue weighted by Gasteiger charge is 2.46. The molecule has 1 saturated carbocycles. The topological polar surface area (TPSA) is 117 Å². The molecule has 4 atom stereocenters. The third-order valence-corrected chi connectivity index (χ3v) is 5.06. The minimum Gasteiger partial charge on any atom is -0.465 e. The Kier molecular flexibility index (Phi) is 10.2. The van der Waals surface area contributed by atoms with Crippen molar-refractivity contribution in [3.8, 4) is 0 Å². The van der Waals surface area contributed by atoms with E-state index in [2.05, 4.69) is 0 Å². The molecule has 3 N–H and O–H groups in total. The molecule has 1 aliphatic rings. The van der Waals surface area contributed by atoms with Gasteiger partial charge in [0.2, 0.25) is 0 Å². The molecular weight excluding hydrogens is 390 g/mol. The zero-order chi connectivity index (χ0) is 23.1. The van der Waals surface area contributed by atoms with Gasteiger partial charge in [-0.3, -0.25) is 14.5 Å². The number of carbonyl (C=O) groups is 2. The van der Waals surface area contributed by atoms with E-state index in [1.165, 1.54) is 0 Å². The maximum atomic E-state index is 12.9. The van der Waals surface area contributed by atoms with Gasteiger partial charge in [-0.1, -0.05) is 41.5 Å². The van der Waals surface area contributed by atoms with Gasteiger partial charge in [0, 0.05) is 19.1 Å². The van der Waals surface area contributed by atoms with Crippen molar-refractivity contribution in [3.63, 3.8) is 0 Å². The minimum absolute atomic E-state index is 0.0658. The molecule has 0 bridgehead atoms. The lowest BCUT2D eigenvalue weighted by atomic mass is 9.74. The molecule has 0 aromatic heterocycles. The third kappa shape index (κ3) is 8.88. The summed E-state index contributed by atoms with van der Waals surface area (Å²) < 4.78 is 11.0. The molecule has 0 heterocycles. The summed E-state index contributed by atoms with van der Waals surface area (Å²) in [6, 6.07) is -0.469. The Bertz CT molecular complexity index is 547. The molecule has 0 amide bonds. The van der Waals surface area contributed by atoms with Crippen LogP contribution in [0.1, 0.15) is 54.4 Å². The molecule has 4 unspecified atom stereocenters. The standard InChI is InChI=1S/C22H41NO7/c1-21(2,3)13-29-19(27)15-11-17(23(7-9-24)8-10-25)18(26)12-16(15)20(28)30-14-22(4,5)6/h15-18,24-26H,7-14H2,1-6H3. The summed E-state index contributed by atoms with van der Waals surface area (Å²) >= 11 is 0. The van der Waals surface area contributed by atoms with Gasteiger partial charge in [0.05, 0.1) is 44.4 Å². The molecule has 0 aliphatic heterocycles. The van der Waals surface area contributed by atoms with Crippen LogP contribution in [-0.2, 0) is 19.1 Å². The first kappa shape index (κ1) is 26.8. The lowest BCUT2D eigenvalue weighted by molar-refractivity contribution is -0.170. The van der Waals surface area contributed by atoms with Crippen molar-refractivity contribution < 1.29 is 34.4 Å². The summed E-state index contributed by atoms with van der Waals surface area (Å²) in [5, 5.41) is 29.4. The van der Waals surface area contributed by atoms with Crippen LogP contribution >= 0.6 is 0 Å². The summed E-state index contributed by atoms with van der Waals surface area (Å²) in [5.74, 6) is -2.53. The zero-order valence-electron chi connectivity index (χ0n) is 19.4. The predicted molar refractivity (Wildman–Crippen MR) is 113 cm³/mol. The van der Waals surface area contributed by atoms with E-state index >= 15 is 0 Å². The maximum absolute atomic E-state index is 12.9. The number of hydrogen-bond acceptors (Lipinski definition) is 8. The Morgan fingerprint density at radius 1 is 0.833 bits per heavy atom. The lowest BCUT2D eigenvalue weighted by Crippen LogP contribution is -2.54. The van der Waals surface area contributed by atoms with Crippen LogP contribution in [0.3, 0.4) is 0 Å². The van der Waals surface area contributed by atoms with Gasteiger partial charge < -0.3 is 24.8 Å². The highest BCUT2D eigenvalue weighted by atomic mass is 16.5. The monoisotopic (exact) mass is 431 g/mol. The Labute approximate surface area is 180 Å². The van der Waals surface area contributed by atoms with Crippen molar-refractivity contribution in [1.82, 2.24) is 4.90 Å². The quantitative estimate of drug-likeness (QED) is 0.467. The van der Waals surface area contributed by atoms with Crippen molar-refractivity contribution in [2.24, 2.45) is 22.7 Å². The van der Waals surface area contributed by atoms with Crippen LogP contribution < -0.4 is 0 Å². The van der Waals surface area contributed by atoms with E-state index in [9.17, 15) is 24.9 Å². The predicted octanol–water partition coefficient (Wildman–Crippen LogP) is 1.21. The lowest BCUT2D eigenvalue weighted by Gasteiger charge is -2.42. The average Bonchev–Trinajstić information content (AvgIpc) is 2.62. The second kappa shape index (κ2) is 11.4. The third-order valence-electron chi connectivity index (χ3n) is 5.06. The molecule has 0 radical (unpaired) electrons. The highest BCUT2D eigenvalue weighted by molar-refractivity contribution is 5.82. The van der Waals surface area contributed by atoms with E-state index in [1.54, 1.807) is 4.90 Å². The normalized spacial score (nSPS) is 25.3. The van der Waals surface area contributed by atoms with Gasteiger partial charge >= 0.3 is 11.9 Å². The first-order valence-corrected chi connectivity index (χ1v) is 10.8. The molecular formula is C22H41NO7. The highest BCUT2D eigenvalue weighted by Crippen LogP contribution is 2.35. The van der Waals surface area contributed by atoms with Crippen LogP contribution in [-0.4, -0.2) is 83.8 Å². The fourth-order valence-electron chi connectivity index (χ4n) is 3.57. The minimum atomic E-state index is -0.887. The summed E-state index contributed by atoms with van der Waals surface area (Å²) in [4.78, 5) is 27.5. The zero-order valence-corrected chi connectivity index (χ0v) is 19.4. The Hall–Kier alpha value is -1.22. The maximum Gasteiger partial charge on any atom is 0.309 e. The molecule has 8 nitrogen and oxygen atoms in total. The van der Waals surface area contributed by atoms with E-state index < -0.39 is 35.9 Å².